The molecule has 0 spiro atoms. The molecule has 178 valence electrons. The van der Waals surface area contributed by atoms with Gasteiger partial charge >= 0.3 is 12.4 Å². The van der Waals surface area contributed by atoms with Crippen molar-refractivity contribution in [2.45, 2.75) is 38.7 Å². The van der Waals surface area contributed by atoms with E-state index in [4.69, 9.17) is 5.73 Å². The number of fused-ring (bicyclic) bond motifs is 3. The van der Waals surface area contributed by atoms with Crippen molar-refractivity contribution in [1.29, 1.82) is 0 Å². The smallest absolute Gasteiger partial charge is 0.366 e. The predicted molar refractivity (Wildman–Crippen MR) is 118 cm³/mol. The van der Waals surface area contributed by atoms with Gasteiger partial charge in [-0.05, 0) is 53.9 Å². The van der Waals surface area contributed by atoms with Crippen LogP contribution >= 0.6 is 0 Å². The average molecular weight is 478 g/mol. The molecule has 4 rings (SSSR count). The molecule has 1 aromatic heterocycles. The van der Waals surface area contributed by atoms with Gasteiger partial charge in [0.1, 0.15) is 0 Å². The fourth-order valence-electron chi connectivity index (χ4n) is 4.30. The van der Waals surface area contributed by atoms with Crippen LogP contribution in [-0.4, -0.2) is 10.5 Å². The summed E-state index contributed by atoms with van der Waals surface area (Å²) in [4.78, 5) is 12.1. The van der Waals surface area contributed by atoms with E-state index in [0.717, 1.165) is 30.5 Å². The number of alkyl halides is 6. The second-order valence-corrected chi connectivity index (χ2v) is 8.17. The molecule has 0 bridgehead atoms. The molecule has 0 aliphatic heterocycles. The zero-order valence-electron chi connectivity index (χ0n) is 18.0. The van der Waals surface area contributed by atoms with Crippen molar-refractivity contribution in [1.82, 2.24) is 4.57 Å². The Morgan fingerprint density at radius 3 is 2.06 bits per heavy atom. The molecule has 0 saturated heterocycles. The molecule has 1 heterocycles. The van der Waals surface area contributed by atoms with Crippen molar-refractivity contribution in [2.24, 2.45) is 5.73 Å². The Hall–Kier alpha value is -3.49. The van der Waals surface area contributed by atoms with Crippen molar-refractivity contribution in [2.75, 3.05) is 0 Å². The number of hydrogen-bond acceptors (Lipinski definition) is 1. The van der Waals surface area contributed by atoms with Crippen molar-refractivity contribution in [3.8, 4) is 0 Å². The van der Waals surface area contributed by atoms with E-state index in [-0.39, 0.29) is 23.7 Å². The van der Waals surface area contributed by atoms with E-state index in [0.29, 0.717) is 21.8 Å². The second kappa shape index (κ2) is 8.38. The maximum atomic E-state index is 13.4. The van der Waals surface area contributed by atoms with Crippen LogP contribution in [0.5, 0.6) is 0 Å². The molecule has 2 N–H and O–H groups in total. The summed E-state index contributed by atoms with van der Waals surface area (Å²) in [6, 6.07) is 11.9. The summed E-state index contributed by atoms with van der Waals surface area (Å²) in [6.45, 7) is 1.73. The summed E-state index contributed by atoms with van der Waals surface area (Å²) in [7, 11) is 0. The summed E-state index contributed by atoms with van der Waals surface area (Å²) in [5.41, 5.74) is 4.92. The monoisotopic (exact) mass is 478 g/mol. The van der Waals surface area contributed by atoms with Gasteiger partial charge in [0.2, 0.25) is 5.91 Å². The molecule has 0 aliphatic carbocycles. The third-order valence-electron chi connectivity index (χ3n) is 5.75. The zero-order valence-corrected chi connectivity index (χ0v) is 18.0. The van der Waals surface area contributed by atoms with Crippen LogP contribution in [0.3, 0.4) is 0 Å². The largest absolute Gasteiger partial charge is 0.416 e. The summed E-state index contributed by atoms with van der Waals surface area (Å²) >= 11 is 0. The molecule has 34 heavy (non-hydrogen) atoms. The van der Waals surface area contributed by atoms with Crippen LogP contribution in [0.1, 0.15) is 46.0 Å². The van der Waals surface area contributed by atoms with E-state index >= 15 is 0 Å². The van der Waals surface area contributed by atoms with Crippen LogP contribution in [0, 0.1) is 0 Å². The van der Waals surface area contributed by atoms with Gasteiger partial charge in [0.25, 0.3) is 0 Å². The SMILES string of the molecule is CCCc1ccc2c3c(C(N)=O)cccc3n(Cc3cc(C(F)(F)F)cc(C(F)(F)F)c3)c2c1. The topological polar surface area (TPSA) is 48.0 Å². The Labute approximate surface area is 190 Å². The first-order valence-electron chi connectivity index (χ1n) is 10.5. The predicted octanol–water partition coefficient (Wildman–Crippen LogP) is 6.93. The lowest BCUT2D eigenvalue weighted by atomic mass is 10.0. The number of hydrogen-bond donors (Lipinski definition) is 1. The van der Waals surface area contributed by atoms with Crippen LogP contribution in [0.25, 0.3) is 21.8 Å². The minimum absolute atomic E-state index is 0.111. The van der Waals surface area contributed by atoms with E-state index in [9.17, 15) is 31.1 Å². The third kappa shape index (κ3) is 4.34. The summed E-state index contributed by atoms with van der Waals surface area (Å²) in [5.74, 6) is -0.680. The number of primary amides is 1. The first-order chi connectivity index (χ1) is 15.9. The molecule has 0 aliphatic rings. The van der Waals surface area contributed by atoms with Crippen molar-refractivity contribution in [3.63, 3.8) is 0 Å². The van der Waals surface area contributed by atoms with E-state index in [1.807, 2.05) is 19.1 Å². The summed E-state index contributed by atoms with van der Waals surface area (Å²) in [5, 5.41) is 1.16. The van der Waals surface area contributed by atoms with Gasteiger partial charge in [-0.2, -0.15) is 26.3 Å². The second-order valence-electron chi connectivity index (χ2n) is 8.17. The van der Waals surface area contributed by atoms with Gasteiger partial charge in [-0.3, -0.25) is 4.79 Å². The lowest BCUT2D eigenvalue weighted by molar-refractivity contribution is -0.143. The number of benzene rings is 3. The summed E-state index contributed by atoms with van der Waals surface area (Å²) < 4.78 is 81.9. The molecule has 3 aromatic carbocycles. The van der Waals surface area contributed by atoms with Crippen molar-refractivity contribution >= 4 is 27.7 Å². The number of amides is 1. The van der Waals surface area contributed by atoms with Gasteiger partial charge in [0.05, 0.1) is 16.6 Å². The van der Waals surface area contributed by atoms with Gasteiger partial charge in [0.15, 0.2) is 0 Å². The molecule has 1 amide bonds. The van der Waals surface area contributed by atoms with E-state index in [1.54, 1.807) is 28.8 Å². The van der Waals surface area contributed by atoms with Gasteiger partial charge < -0.3 is 10.3 Å². The van der Waals surface area contributed by atoms with Gasteiger partial charge in [-0.25, -0.2) is 0 Å². The normalized spacial score (nSPS) is 12.6. The highest BCUT2D eigenvalue weighted by molar-refractivity contribution is 6.18. The number of aryl methyl sites for hydroxylation is 1. The lowest BCUT2D eigenvalue weighted by Crippen LogP contribution is -2.13. The Balaban J connectivity index is 2.00. The molecular formula is C25H20F6N2O. The van der Waals surface area contributed by atoms with Gasteiger partial charge in [-0.15, -0.1) is 0 Å². The highest BCUT2D eigenvalue weighted by Crippen LogP contribution is 2.38. The first-order valence-corrected chi connectivity index (χ1v) is 10.5. The van der Waals surface area contributed by atoms with E-state index in [2.05, 4.69) is 0 Å². The van der Waals surface area contributed by atoms with Crippen LogP contribution in [0.4, 0.5) is 26.3 Å². The average Bonchev–Trinajstić information content (AvgIpc) is 3.05. The van der Waals surface area contributed by atoms with Crippen LogP contribution in [0.2, 0.25) is 0 Å². The third-order valence-corrected chi connectivity index (χ3v) is 5.75. The molecule has 0 unspecified atom stereocenters. The fourth-order valence-corrected chi connectivity index (χ4v) is 4.30. The van der Waals surface area contributed by atoms with Crippen LogP contribution in [0.15, 0.2) is 54.6 Å². The Morgan fingerprint density at radius 2 is 1.50 bits per heavy atom. The maximum absolute atomic E-state index is 13.4. The minimum Gasteiger partial charge on any atom is -0.366 e. The molecule has 0 atom stereocenters. The highest BCUT2D eigenvalue weighted by Gasteiger charge is 2.37. The quantitative estimate of drug-likeness (QED) is 0.311. The standard InChI is InChI=1S/C25H20F6N2O/c1-2-4-14-7-8-18-21(11-14)33(20-6-3-5-19(22(18)20)23(32)34)13-15-9-16(24(26,27)28)12-17(10-15)25(29,30)31/h3,5-12H,2,4,13H2,1H3,(H2,32,34). The number of carbonyl (C=O) groups excluding carboxylic acids is 1. The number of nitrogens with two attached hydrogens (primary N) is 1. The first kappa shape index (κ1) is 23.7. The zero-order chi connectivity index (χ0) is 24.8. The number of rotatable bonds is 5. The van der Waals surface area contributed by atoms with E-state index < -0.39 is 29.4 Å². The van der Waals surface area contributed by atoms with Crippen LogP contribution in [-0.2, 0) is 25.3 Å². The number of carbonyl (C=O) groups is 1. The highest BCUT2D eigenvalue weighted by atomic mass is 19.4. The van der Waals surface area contributed by atoms with E-state index in [1.165, 1.54) is 0 Å². The summed E-state index contributed by atoms with van der Waals surface area (Å²) in [6.07, 6.45) is -8.29. The molecular weight excluding hydrogens is 458 g/mol. The van der Waals surface area contributed by atoms with Gasteiger partial charge in [0, 0.05) is 28.4 Å². The number of nitrogens with zero attached hydrogens (tertiary/aromatic N) is 1. The van der Waals surface area contributed by atoms with Crippen LogP contribution < -0.4 is 5.73 Å². The minimum atomic E-state index is -4.94. The lowest BCUT2D eigenvalue weighted by Gasteiger charge is -2.15. The molecule has 0 radical (unpaired) electrons. The molecule has 3 nitrogen and oxygen atoms in total. The Bertz CT molecular complexity index is 1370. The number of aromatic nitrogens is 1. The molecule has 9 heteroatoms. The van der Waals surface area contributed by atoms with Crippen molar-refractivity contribution in [3.05, 3.63) is 82.4 Å². The maximum Gasteiger partial charge on any atom is 0.416 e. The number of halogens is 6. The Kier molecular flexibility index (Phi) is 5.83. The Morgan fingerprint density at radius 1 is 0.853 bits per heavy atom. The van der Waals surface area contributed by atoms with Gasteiger partial charge in [-0.1, -0.05) is 31.5 Å². The fraction of sp³-hybridized carbons (Fsp3) is 0.240. The molecule has 0 saturated carbocycles. The molecule has 0 fully saturated rings. The van der Waals surface area contributed by atoms with Crippen molar-refractivity contribution < 1.29 is 31.1 Å². The molecule has 4 aromatic rings.